The Morgan fingerprint density at radius 2 is 1.90 bits per heavy atom. The zero-order valence-electron chi connectivity index (χ0n) is 11.8. The van der Waals surface area contributed by atoms with Gasteiger partial charge in [0.05, 0.1) is 12.1 Å². The number of fused-ring (bicyclic) bond motifs is 1. The van der Waals surface area contributed by atoms with E-state index in [4.69, 9.17) is 16.3 Å². The Kier molecular flexibility index (Phi) is 3.66. The molecule has 0 bridgehead atoms. The summed E-state index contributed by atoms with van der Waals surface area (Å²) in [4.78, 5) is 0.896. The fourth-order valence-corrected chi connectivity index (χ4v) is 3.65. The molecule has 1 heterocycles. The van der Waals surface area contributed by atoms with Gasteiger partial charge in [0.25, 0.3) is 0 Å². The first-order valence-corrected chi connectivity index (χ1v) is 7.77. The van der Waals surface area contributed by atoms with Crippen molar-refractivity contribution in [3.8, 4) is 5.75 Å². The standard InChI is InChI=1S/C17H15ClO2S/c1-17(19,12-7-8-13(18)14(10-12)20-2)16-9-11-5-3-4-6-15(11)21-16/h3-10,19H,1-2H3. The maximum Gasteiger partial charge on any atom is 0.137 e. The van der Waals surface area contributed by atoms with Crippen molar-refractivity contribution in [2.75, 3.05) is 7.11 Å². The summed E-state index contributed by atoms with van der Waals surface area (Å²) in [6.45, 7) is 1.79. The van der Waals surface area contributed by atoms with Crippen LogP contribution in [-0.2, 0) is 5.60 Å². The molecule has 3 rings (SSSR count). The first-order valence-electron chi connectivity index (χ1n) is 6.58. The van der Waals surface area contributed by atoms with Gasteiger partial charge in [0.1, 0.15) is 11.4 Å². The minimum absolute atomic E-state index is 0.536. The highest BCUT2D eigenvalue weighted by Gasteiger charge is 2.28. The van der Waals surface area contributed by atoms with Crippen molar-refractivity contribution in [2.45, 2.75) is 12.5 Å². The van der Waals surface area contributed by atoms with Crippen LogP contribution in [0.25, 0.3) is 10.1 Å². The average Bonchev–Trinajstić information content (AvgIpc) is 2.92. The third kappa shape index (κ3) is 2.53. The second kappa shape index (κ2) is 5.34. The molecule has 1 aromatic heterocycles. The number of methoxy groups -OCH3 is 1. The highest BCUT2D eigenvalue weighted by atomic mass is 35.5. The Bertz CT molecular complexity index is 759. The summed E-state index contributed by atoms with van der Waals surface area (Å²) in [5.74, 6) is 0.565. The zero-order chi connectivity index (χ0) is 15.0. The topological polar surface area (TPSA) is 29.5 Å². The second-order valence-electron chi connectivity index (χ2n) is 5.07. The molecular formula is C17H15ClO2S. The monoisotopic (exact) mass is 318 g/mol. The molecule has 0 radical (unpaired) electrons. The third-order valence-electron chi connectivity index (χ3n) is 3.62. The minimum atomic E-state index is -1.08. The molecule has 0 aliphatic carbocycles. The highest BCUT2D eigenvalue weighted by Crippen LogP contribution is 2.39. The summed E-state index contributed by atoms with van der Waals surface area (Å²) >= 11 is 7.65. The molecule has 21 heavy (non-hydrogen) atoms. The Morgan fingerprint density at radius 3 is 2.62 bits per heavy atom. The van der Waals surface area contributed by atoms with Gasteiger partial charge in [0.15, 0.2) is 0 Å². The number of benzene rings is 2. The number of thiophene rings is 1. The smallest absolute Gasteiger partial charge is 0.137 e. The van der Waals surface area contributed by atoms with E-state index in [-0.39, 0.29) is 0 Å². The number of hydrogen-bond acceptors (Lipinski definition) is 3. The van der Waals surface area contributed by atoms with Gasteiger partial charge in [0, 0.05) is 9.58 Å². The van der Waals surface area contributed by atoms with Crippen LogP contribution in [0.3, 0.4) is 0 Å². The van der Waals surface area contributed by atoms with E-state index in [1.165, 1.54) is 0 Å². The Hall–Kier alpha value is -1.55. The second-order valence-corrected chi connectivity index (χ2v) is 6.56. The molecule has 1 N–H and O–H groups in total. The number of hydrogen-bond donors (Lipinski definition) is 1. The molecular weight excluding hydrogens is 304 g/mol. The van der Waals surface area contributed by atoms with Crippen molar-refractivity contribution in [3.63, 3.8) is 0 Å². The van der Waals surface area contributed by atoms with Crippen LogP contribution in [0.15, 0.2) is 48.5 Å². The van der Waals surface area contributed by atoms with E-state index in [0.29, 0.717) is 10.8 Å². The van der Waals surface area contributed by atoms with Crippen LogP contribution >= 0.6 is 22.9 Å². The van der Waals surface area contributed by atoms with E-state index in [0.717, 1.165) is 20.5 Å². The first kappa shape index (κ1) is 14.4. The summed E-state index contributed by atoms with van der Waals surface area (Å²) in [5, 5.41) is 12.7. The lowest BCUT2D eigenvalue weighted by Gasteiger charge is -2.23. The predicted molar refractivity (Wildman–Crippen MR) is 88.5 cm³/mol. The summed E-state index contributed by atoms with van der Waals surface area (Å²) in [6, 6.07) is 15.5. The third-order valence-corrected chi connectivity index (χ3v) is 5.26. The quantitative estimate of drug-likeness (QED) is 0.750. The van der Waals surface area contributed by atoms with Crippen LogP contribution in [0.1, 0.15) is 17.4 Å². The van der Waals surface area contributed by atoms with Gasteiger partial charge in [0.2, 0.25) is 0 Å². The fraction of sp³-hybridized carbons (Fsp3) is 0.176. The van der Waals surface area contributed by atoms with E-state index >= 15 is 0 Å². The maximum absolute atomic E-state index is 11.0. The van der Waals surface area contributed by atoms with E-state index in [1.54, 1.807) is 37.5 Å². The van der Waals surface area contributed by atoms with E-state index in [9.17, 15) is 5.11 Å². The molecule has 0 spiro atoms. The minimum Gasteiger partial charge on any atom is -0.495 e. The lowest BCUT2D eigenvalue weighted by atomic mass is 9.94. The molecule has 3 aromatic rings. The van der Waals surface area contributed by atoms with Gasteiger partial charge >= 0.3 is 0 Å². The molecule has 1 atom stereocenters. The first-order chi connectivity index (χ1) is 10.0. The molecule has 2 nitrogen and oxygen atoms in total. The number of aliphatic hydroxyl groups is 1. The van der Waals surface area contributed by atoms with Crippen molar-refractivity contribution < 1.29 is 9.84 Å². The Labute approximate surface area is 132 Å². The molecule has 0 saturated heterocycles. The van der Waals surface area contributed by atoms with Crippen molar-refractivity contribution >= 4 is 33.0 Å². The maximum atomic E-state index is 11.0. The largest absolute Gasteiger partial charge is 0.495 e. The van der Waals surface area contributed by atoms with E-state index < -0.39 is 5.60 Å². The number of ether oxygens (including phenoxy) is 1. The van der Waals surface area contributed by atoms with Gasteiger partial charge in [-0.05, 0) is 42.1 Å². The van der Waals surface area contributed by atoms with Gasteiger partial charge in [-0.3, -0.25) is 0 Å². The lowest BCUT2D eigenvalue weighted by Crippen LogP contribution is -2.21. The van der Waals surface area contributed by atoms with Gasteiger partial charge in [-0.1, -0.05) is 35.9 Å². The molecule has 4 heteroatoms. The molecule has 2 aromatic carbocycles. The van der Waals surface area contributed by atoms with E-state index in [1.807, 2.05) is 30.3 Å². The van der Waals surface area contributed by atoms with Crippen molar-refractivity contribution in [3.05, 3.63) is 64.0 Å². The van der Waals surface area contributed by atoms with Crippen molar-refractivity contribution in [1.82, 2.24) is 0 Å². The van der Waals surface area contributed by atoms with Crippen LogP contribution in [0.4, 0.5) is 0 Å². The Balaban J connectivity index is 2.10. The van der Waals surface area contributed by atoms with E-state index in [2.05, 4.69) is 6.07 Å². The average molecular weight is 319 g/mol. The van der Waals surface area contributed by atoms with Crippen LogP contribution in [0.5, 0.6) is 5.75 Å². The van der Waals surface area contributed by atoms with Crippen LogP contribution in [0, 0.1) is 0 Å². The number of rotatable bonds is 3. The van der Waals surface area contributed by atoms with Crippen LogP contribution in [0.2, 0.25) is 5.02 Å². The van der Waals surface area contributed by atoms with Crippen molar-refractivity contribution in [1.29, 1.82) is 0 Å². The zero-order valence-corrected chi connectivity index (χ0v) is 13.3. The van der Waals surface area contributed by atoms with Gasteiger partial charge in [-0.15, -0.1) is 11.3 Å². The highest BCUT2D eigenvalue weighted by molar-refractivity contribution is 7.19. The van der Waals surface area contributed by atoms with Crippen molar-refractivity contribution in [2.24, 2.45) is 0 Å². The van der Waals surface area contributed by atoms with Gasteiger partial charge in [-0.2, -0.15) is 0 Å². The number of halogens is 1. The summed E-state index contributed by atoms with van der Waals surface area (Å²) in [5.41, 5.74) is -0.322. The van der Waals surface area contributed by atoms with Crippen LogP contribution < -0.4 is 4.74 Å². The molecule has 0 aliphatic heterocycles. The predicted octanol–water partition coefficient (Wildman–Crippen LogP) is 4.82. The molecule has 0 aliphatic rings. The molecule has 0 saturated carbocycles. The van der Waals surface area contributed by atoms with Gasteiger partial charge < -0.3 is 9.84 Å². The molecule has 1 unspecified atom stereocenters. The summed E-state index contributed by atoms with van der Waals surface area (Å²) in [6.07, 6.45) is 0. The molecule has 0 amide bonds. The van der Waals surface area contributed by atoms with Gasteiger partial charge in [-0.25, -0.2) is 0 Å². The normalized spacial score (nSPS) is 14.1. The molecule has 108 valence electrons. The lowest BCUT2D eigenvalue weighted by molar-refractivity contribution is 0.106. The Morgan fingerprint density at radius 1 is 1.14 bits per heavy atom. The van der Waals surface area contributed by atoms with Crippen LogP contribution in [-0.4, -0.2) is 12.2 Å². The molecule has 0 fully saturated rings. The summed E-state index contributed by atoms with van der Waals surface area (Å²) < 4.78 is 6.40. The SMILES string of the molecule is COc1cc(C(C)(O)c2cc3ccccc3s2)ccc1Cl. The fourth-order valence-electron chi connectivity index (χ4n) is 2.33. The summed E-state index contributed by atoms with van der Waals surface area (Å²) in [7, 11) is 1.57.